The van der Waals surface area contributed by atoms with Crippen LogP contribution in [0.2, 0.25) is 0 Å². The predicted octanol–water partition coefficient (Wildman–Crippen LogP) is 4.71. The summed E-state index contributed by atoms with van der Waals surface area (Å²) in [6.07, 6.45) is 1.25. The van der Waals surface area contributed by atoms with Crippen LogP contribution in [0.3, 0.4) is 0 Å². The molecule has 0 aliphatic heterocycles. The Bertz CT molecular complexity index is 315. The van der Waals surface area contributed by atoms with Crippen LogP contribution in [-0.4, -0.2) is 7.11 Å². The maximum absolute atomic E-state index is 5.21. The second-order valence-corrected chi connectivity index (χ2v) is 4.45. The molecular formula is C16H29NO. The Hall–Kier alpha value is -1.44. The van der Waals surface area contributed by atoms with Gasteiger partial charge in [-0.15, -0.1) is 0 Å². The van der Waals surface area contributed by atoms with Gasteiger partial charge in [0.1, 0.15) is 5.75 Å². The third-order valence-electron chi connectivity index (χ3n) is 1.76. The number of rotatable bonds is 2. The van der Waals surface area contributed by atoms with E-state index in [1.165, 1.54) is 12.0 Å². The second-order valence-electron chi connectivity index (χ2n) is 4.45. The molecule has 2 heteroatoms. The van der Waals surface area contributed by atoms with Gasteiger partial charge in [-0.05, 0) is 30.2 Å². The lowest BCUT2D eigenvalue weighted by atomic mass is 10.0. The molecule has 18 heavy (non-hydrogen) atoms. The topological polar surface area (TPSA) is 35.2 Å². The van der Waals surface area contributed by atoms with E-state index in [1.54, 1.807) is 14.0 Å². The molecule has 1 rings (SSSR count). The Morgan fingerprint density at radius 1 is 1.28 bits per heavy atom. The number of methoxy groups -OCH3 is 1. The minimum absolute atomic E-state index is 0.533. The molecule has 0 heterocycles. The normalized spacial score (nSPS) is 8.61. The third-order valence-corrected chi connectivity index (χ3v) is 1.76. The fourth-order valence-corrected chi connectivity index (χ4v) is 1.14. The first-order valence-electron chi connectivity index (χ1n) is 6.44. The Labute approximate surface area is 113 Å². The summed E-state index contributed by atoms with van der Waals surface area (Å²) < 4.78 is 5.21. The molecule has 0 bridgehead atoms. The maximum Gasteiger partial charge on any atom is 0.122 e. The number of allylic oxidation sites excluding steroid dienone is 1. The van der Waals surface area contributed by atoms with Crippen molar-refractivity contribution in [1.82, 2.24) is 0 Å². The molecule has 104 valence electrons. The van der Waals surface area contributed by atoms with Crippen LogP contribution in [-0.2, 0) is 0 Å². The van der Waals surface area contributed by atoms with Crippen LogP contribution in [0.1, 0.15) is 52.5 Å². The molecule has 0 spiro atoms. The highest BCUT2D eigenvalue weighted by Crippen LogP contribution is 2.24. The summed E-state index contributed by atoms with van der Waals surface area (Å²) in [5.74, 6) is 1.52. The highest BCUT2D eigenvalue weighted by atomic mass is 16.5. The second kappa shape index (κ2) is 12.0. The van der Waals surface area contributed by atoms with E-state index >= 15 is 0 Å². The summed E-state index contributed by atoms with van der Waals surface area (Å²) >= 11 is 0. The zero-order valence-electron chi connectivity index (χ0n) is 12.8. The molecule has 1 aromatic rings. The molecule has 2 nitrogen and oxygen atoms in total. The van der Waals surface area contributed by atoms with Crippen LogP contribution in [0.15, 0.2) is 36.5 Å². The largest absolute Gasteiger partial charge is 0.496 e. The van der Waals surface area contributed by atoms with Crippen molar-refractivity contribution in [3.8, 4) is 5.75 Å². The first kappa shape index (κ1) is 18.9. The van der Waals surface area contributed by atoms with E-state index in [0.717, 1.165) is 5.75 Å². The number of hydrogen-bond acceptors (Lipinski definition) is 2. The van der Waals surface area contributed by atoms with Gasteiger partial charge in [-0.1, -0.05) is 58.9 Å². The number of nitrogens with two attached hydrogens (primary N) is 1. The lowest BCUT2D eigenvalue weighted by Gasteiger charge is -2.10. The standard InChI is InChI=1S/C10H14O.C3H7N.C3H8/c1-8(2)9-6-4-5-7-10(9)11-3;1-3(2)4;1-3-2/h4-8H,1-3H3;1,4H2,2H3;3H2,1-2H3. The summed E-state index contributed by atoms with van der Waals surface area (Å²) in [7, 11) is 1.71. The predicted molar refractivity (Wildman–Crippen MR) is 82.0 cm³/mol. The maximum atomic E-state index is 5.21. The Balaban J connectivity index is 0. The molecular weight excluding hydrogens is 222 g/mol. The van der Waals surface area contributed by atoms with E-state index in [1.807, 2.05) is 18.2 Å². The molecule has 1 aromatic carbocycles. The summed E-state index contributed by atoms with van der Waals surface area (Å²) in [4.78, 5) is 0. The highest BCUT2D eigenvalue weighted by Gasteiger charge is 2.03. The fraction of sp³-hybridized carbons (Fsp3) is 0.500. The monoisotopic (exact) mass is 251 g/mol. The summed E-state index contributed by atoms with van der Waals surface area (Å²) in [6.45, 7) is 13.7. The molecule has 0 saturated carbocycles. The van der Waals surface area contributed by atoms with Crippen LogP contribution < -0.4 is 10.5 Å². The van der Waals surface area contributed by atoms with Crippen molar-refractivity contribution in [2.75, 3.05) is 7.11 Å². The SMILES string of the molecule is C=C(C)N.CCC.COc1ccccc1C(C)C. The average molecular weight is 251 g/mol. The zero-order chi connectivity index (χ0) is 14.6. The molecule has 2 N–H and O–H groups in total. The minimum Gasteiger partial charge on any atom is -0.496 e. The Morgan fingerprint density at radius 3 is 1.94 bits per heavy atom. The van der Waals surface area contributed by atoms with Gasteiger partial charge < -0.3 is 10.5 Å². The average Bonchev–Trinajstić information content (AvgIpc) is 2.29. The van der Waals surface area contributed by atoms with Crippen molar-refractivity contribution in [3.05, 3.63) is 42.1 Å². The molecule has 0 aliphatic rings. The van der Waals surface area contributed by atoms with Crippen molar-refractivity contribution in [3.63, 3.8) is 0 Å². The van der Waals surface area contributed by atoms with Crippen molar-refractivity contribution in [2.45, 2.75) is 47.0 Å². The number of para-hydroxylation sites is 1. The quantitative estimate of drug-likeness (QED) is 0.826. The van der Waals surface area contributed by atoms with Crippen LogP contribution in [0.4, 0.5) is 0 Å². The van der Waals surface area contributed by atoms with Crippen LogP contribution in [0.5, 0.6) is 5.75 Å². The fourth-order valence-electron chi connectivity index (χ4n) is 1.14. The molecule has 0 saturated heterocycles. The molecule has 0 fully saturated rings. The Kier molecular flexibility index (Phi) is 12.6. The smallest absolute Gasteiger partial charge is 0.122 e. The molecule has 0 radical (unpaired) electrons. The van der Waals surface area contributed by atoms with E-state index < -0.39 is 0 Å². The Morgan fingerprint density at radius 2 is 1.67 bits per heavy atom. The number of benzene rings is 1. The molecule has 0 atom stereocenters. The minimum atomic E-state index is 0.533. The van der Waals surface area contributed by atoms with E-state index in [4.69, 9.17) is 10.5 Å². The first-order valence-corrected chi connectivity index (χ1v) is 6.44. The number of hydrogen-bond donors (Lipinski definition) is 1. The number of ether oxygens (including phenoxy) is 1. The van der Waals surface area contributed by atoms with Crippen molar-refractivity contribution in [2.24, 2.45) is 5.73 Å². The van der Waals surface area contributed by atoms with Gasteiger partial charge in [-0.3, -0.25) is 0 Å². The lowest BCUT2D eigenvalue weighted by Crippen LogP contribution is -1.92. The van der Waals surface area contributed by atoms with Gasteiger partial charge in [-0.2, -0.15) is 0 Å². The van der Waals surface area contributed by atoms with Gasteiger partial charge in [0.15, 0.2) is 0 Å². The van der Waals surface area contributed by atoms with Gasteiger partial charge in [0.25, 0.3) is 0 Å². The van der Waals surface area contributed by atoms with Crippen LogP contribution >= 0.6 is 0 Å². The van der Waals surface area contributed by atoms with E-state index in [2.05, 4.69) is 40.3 Å². The van der Waals surface area contributed by atoms with E-state index in [-0.39, 0.29) is 0 Å². The van der Waals surface area contributed by atoms with Crippen molar-refractivity contribution < 1.29 is 4.74 Å². The third kappa shape index (κ3) is 11.1. The lowest BCUT2D eigenvalue weighted by molar-refractivity contribution is 0.407. The zero-order valence-corrected chi connectivity index (χ0v) is 12.8. The highest BCUT2D eigenvalue weighted by molar-refractivity contribution is 5.35. The van der Waals surface area contributed by atoms with Gasteiger partial charge >= 0.3 is 0 Å². The summed E-state index contributed by atoms with van der Waals surface area (Å²) in [6, 6.07) is 8.13. The van der Waals surface area contributed by atoms with Gasteiger partial charge in [0.2, 0.25) is 0 Å². The van der Waals surface area contributed by atoms with Crippen molar-refractivity contribution in [1.29, 1.82) is 0 Å². The first-order chi connectivity index (χ1) is 8.40. The summed E-state index contributed by atoms with van der Waals surface area (Å²) in [5.41, 5.74) is 6.86. The van der Waals surface area contributed by atoms with Gasteiger partial charge in [0.05, 0.1) is 7.11 Å². The van der Waals surface area contributed by atoms with Crippen LogP contribution in [0.25, 0.3) is 0 Å². The molecule has 0 aromatic heterocycles. The molecule has 0 amide bonds. The summed E-state index contributed by atoms with van der Waals surface area (Å²) in [5, 5.41) is 0. The molecule has 0 unspecified atom stereocenters. The van der Waals surface area contributed by atoms with Crippen LogP contribution in [0, 0.1) is 0 Å². The van der Waals surface area contributed by atoms with Crippen molar-refractivity contribution >= 4 is 0 Å². The van der Waals surface area contributed by atoms with E-state index in [9.17, 15) is 0 Å². The van der Waals surface area contributed by atoms with Gasteiger partial charge in [-0.25, -0.2) is 0 Å². The molecule has 0 aliphatic carbocycles. The van der Waals surface area contributed by atoms with E-state index in [0.29, 0.717) is 11.6 Å². The van der Waals surface area contributed by atoms with Gasteiger partial charge in [0, 0.05) is 0 Å².